The summed E-state index contributed by atoms with van der Waals surface area (Å²) < 4.78 is 28.3. The number of nitrogens with two attached hydrogens (primary N) is 1. The average molecular weight is 512 g/mol. The number of nitrogens with one attached hydrogen (secondary N) is 1. The van der Waals surface area contributed by atoms with Crippen LogP contribution in [0.15, 0.2) is 63.5 Å². The Morgan fingerprint density at radius 2 is 1.79 bits per heavy atom. The molecular weight excluding hydrogens is 489 g/mol. The van der Waals surface area contributed by atoms with Gasteiger partial charge in [0, 0.05) is 16.0 Å². The molecule has 2 unspecified atom stereocenters. The summed E-state index contributed by atoms with van der Waals surface area (Å²) in [6, 6.07) is 11.3. The van der Waals surface area contributed by atoms with Gasteiger partial charge in [-0.05, 0) is 48.4 Å². The number of aliphatic imine (C=N–C) groups is 1. The summed E-state index contributed by atoms with van der Waals surface area (Å²) in [5, 5.41) is 16.4. The Labute approximate surface area is 202 Å². The van der Waals surface area contributed by atoms with Crippen molar-refractivity contribution in [3.8, 4) is 0 Å². The maximum Gasteiger partial charge on any atom is 0.264 e. The van der Waals surface area contributed by atoms with Crippen LogP contribution in [0, 0.1) is 5.92 Å². The molecule has 9 nitrogen and oxygen atoms in total. The van der Waals surface area contributed by atoms with E-state index in [1.54, 1.807) is 12.1 Å². The molecule has 1 aliphatic rings. The smallest absolute Gasteiger partial charge is 0.264 e. The molecule has 33 heavy (non-hydrogen) atoms. The van der Waals surface area contributed by atoms with Gasteiger partial charge in [-0.15, -0.1) is 0 Å². The van der Waals surface area contributed by atoms with Crippen molar-refractivity contribution >= 4 is 50.8 Å². The van der Waals surface area contributed by atoms with Crippen LogP contribution in [-0.4, -0.2) is 55.3 Å². The number of aliphatic hydroxyl groups excluding tert-OH is 1. The standard InChI is InChI=1S/C21H23Cl2N5O4S/c1-2-13-11-28(26-19(13)14-3-5-15(22)6-4-14)21(25-18(12-29)20(24)30)27-33(31,32)17-9-7-16(23)8-10-17/h3-10,13,18,29H,2,11-12H2,1H3,(H2,24,30)(H,25,27). The van der Waals surface area contributed by atoms with E-state index < -0.39 is 28.6 Å². The Bertz CT molecular complexity index is 1170. The van der Waals surface area contributed by atoms with Gasteiger partial charge in [0.1, 0.15) is 0 Å². The molecule has 0 saturated carbocycles. The number of carbonyl (C=O) groups excluding carboxylic acids is 1. The third kappa shape index (κ3) is 6.02. The number of aliphatic hydroxyl groups is 1. The number of sulfonamides is 1. The van der Waals surface area contributed by atoms with Crippen molar-refractivity contribution in [1.29, 1.82) is 0 Å². The second kappa shape index (κ2) is 10.5. The summed E-state index contributed by atoms with van der Waals surface area (Å²) in [5.41, 5.74) is 6.84. The number of halogens is 2. The largest absolute Gasteiger partial charge is 0.394 e. The summed E-state index contributed by atoms with van der Waals surface area (Å²) in [7, 11) is -4.11. The fourth-order valence-corrected chi connectivity index (χ4v) is 4.46. The number of hydrogen-bond donors (Lipinski definition) is 3. The maximum atomic E-state index is 13.0. The van der Waals surface area contributed by atoms with E-state index >= 15 is 0 Å². The zero-order valence-electron chi connectivity index (χ0n) is 17.6. The van der Waals surface area contributed by atoms with Crippen molar-refractivity contribution in [3.63, 3.8) is 0 Å². The monoisotopic (exact) mass is 511 g/mol. The van der Waals surface area contributed by atoms with E-state index in [4.69, 9.17) is 28.9 Å². The van der Waals surface area contributed by atoms with Crippen LogP contribution >= 0.6 is 23.2 Å². The maximum absolute atomic E-state index is 13.0. The van der Waals surface area contributed by atoms with E-state index in [1.807, 2.05) is 19.1 Å². The minimum Gasteiger partial charge on any atom is -0.394 e. The highest BCUT2D eigenvalue weighted by Crippen LogP contribution is 2.24. The van der Waals surface area contributed by atoms with Crippen LogP contribution in [-0.2, 0) is 14.8 Å². The SMILES string of the molecule is CCC1CN(C(=NC(CO)C(N)=O)NS(=O)(=O)c2ccc(Cl)cc2)N=C1c1ccc(Cl)cc1. The Morgan fingerprint density at radius 1 is 1.21 bits per heavy atom. The minimum atomic E-state index is -4.11. The van der Waals surface area contributed by atoms with Crippen LogP contribution in [0.4, 0.5) is 0 Å². The molecule has 0 saturated heterocycles. The van der Waals surface area contributed by atoms with E-state index in [9.17, 15) is 18.3 Å². The predicted molar refractivity (Wildman–Crippen MR) is 128 cm³/mol. The Morgan fingerprint density at radius 3 is 2.30 bits per heavy atom. The summed E-state index contributed by atoms with van der Waals surface area (Å²) >= 11 is 11.8. The van der Waals surface area contributed by atoms with Crippen molar-refractivity contribution < 1.29 is 18.3 Å². The van der Waals surface area contributed by atoms with Gasteiger partial charge >= 0.3 is 0 Å². The number of carbonyl (C=O) groups is 1. The summed E-state index contributed by atoms with van der Waals surface area (Å²) in [6.45, 7) is 1.59. The van der Waals surface area contributed by atoms with Crippen molar-refractivity contribution in [1.82, 2.24) is 9.73 Å². The molecule has 0 fully saturated rings. The minimum absolute atomic E-state index is 0.0439. The van der Waals surface area contributed by atoms with E-state index in [0.717, 1.165) is 5.56 Å². The van der Waals surface area contributed by atoms with Crippen molar-refractivity contribution in [3.05, 3.63) is 64.1 Å². The molecule has 0 aliphatic carbocycles. The van der Waals surface area contributed by atoms with Gasteiger partial charge in [-0.25, -0.2) is 23.1 Å². The molecule has 2 aromatic carbocycles. The number of amides is 1. The van der Waals surface area contributed by atoms with Crippen LogP contribution in [0.5, 0.6) is 0 Å². The number of hydrazone groups is 1. The van der Waals surface area contributed by atoms with E-state index in [0.29, 0.717) is 28.7 Å². The fourth-order valence-electron chi connectivity index (χ4n) is 3.20. The molecule has 3 rings (SSSR count). The summed E-state index contributed by atoms with van der Waals surface area (Å²) in [6.07, 6.45) is 0.717. The second-order valence-corrected chi connectivity index (χ2v) is 9.85. The Balaban J connectivity index is 2.02. The van der Waals surface area contributed by atoms with Gasteiger partial charge in [-0.2, -0.15) is 5.10 Å². The molecule has 4 N–H and O–H groups in total. The molecule has 1 aliphatic heterocycles. The van der Waals surface area contributed by atoms with Crippen molar-refractivity contribution in [2.45, 2.75) is 24.3 Å². The van der Waals surface area contributed by atoms with E-state index in [-0.39, 0.29) is 16.8 Å². The molecule has 0 aromatic heterocycles. The molecule has 176 valence electrons. The van der Waals surface area contributed by atoms with Gasteiger partial charge in [-0.3, -0.25) is 4.79 Å². The molecule has 2 aromatic rings. The van der Waals surface area contributed by atoms with Gasteiger partial charge in [0.15, 0.2) is 6.04 Å². The number of nitrogens with zero attached hydrogens (tertiary/aromatic N) is 3. The summed E-state index contributed by atoms with van der Waals surface area (Å²) in [4.78, 5) is 15.7. The van der Waals surface area contributed by atoms with Crippen molar-refractivity contribution in [2.75, 3.05) is 13.2 Å². The normalized spacial score (nSPS) is 17.6. The first-order valence-corrected chi connectivity index (χ1v) is 12.3. The first kappa shape index (κ1) is 25.0. The van der Waals surface area contributed by atoms with E-state index in [2.05, 4.69) is 14.8 Å². The molecule has 0 radical (unpaired) electrons. The number of hydrogen-bond acceptors (Lipinski definition) is 6. The third-order valence-electron chi connectivity index (χ3n) is 5.01. The number of rotatable bonds is 7. The molecule has 0 spiro atoms. The topological polar surface area (TPSA) is 137 Å². The average Bonchev–Trinajstić information content (AvgIpc) is 3.21. The number of guanidine groups is 1. The lowest BCUT2D eigenvalue weighted by Gasteiger charge is -2.20. The molecule has 1 amide bonds. The first-order valence-electron chi connectivity index (χ1n) is 10.0. The quantitative estimate of drug-likeness (QED) is 0.386. The highest BCUT2D eigenvalue weighted by Gasteiger charge is 2.32. The lowest BCUT2D eigenvalue weighted by atomic mass is 9.95. The highest BCUT2D eigenvalue weighted by molar-refractivity contribution is 7.90. The zero-order valence-corrected chi connectivity index (χ0v) is 20.0. The van der Waals surface area contributed by atoms with Gasteiger partial charge in [-0.1, -0.05) is 42.3 Å². The molecular formula is C21H23Cl2N5O4S. The van der Waals surface area contributed by atoms with Crippen LogP contribution in [0.2, 0.25) is 10.0 Å². The molecule has 1 heterocycles. The number of benzene rings is 2. The fraction of sp³-hybridized carbons (Fsp3) is 0.286. The van der Waals surface area contributed by atoms with Gasteiger partial charge < -0.3 is 10.8 Å². The van der Waals surface area contributed by atoms with Gasteiger partial charge in [0.2, 0.25) is 11.9 Å². The van der Waals surface area contributed by atoms with Crippen molar-refractivity contribution in [2.24, 2.45) is 21.7 Å². The summed E-state index contributed by atoms with van der Waals surface area (Å²) in [5.74, 6) is -1.18. The van der Waals surface area contributed by atoms with E-state index in [1.165, 1.54) is 29.3 Å². The predicted octanol–water partition coefficient (Wildman–Crippen LogP) is 2.22. The van der Waals surface area contributed by atoms with Crippen LogP contribution in [0.1, 0.15) is 18.9 Å². The molecule has 2 atom stereocenters. The highest BCUT2D eigenvalue weighted by atomic mass is 35.5. The first-order chi connectivity index (χ1) is 15.6. The number of primary amides is 1. The molecule has 0 bridgehead atoms. The Kier molecular flexibility index (Phi) is 7.96. The van der Waals surface area contributed by atoms with Gasteiger partial charge in [0.25, 0.3) is 10.0 Å². The lowest BCUT2D eigenvalue weighted by molar-refractivity contribution is -0.119. The van der Waals surface area contributed by atoms with Crippen LogP contribution in [0.25, 0.3) is 0 Å². The zero-order chi connectivity index (χ0) is 24.2. The Hall–Kier alpha value is -2.66. The second-order valence-electron chi connectivity index (χ2n) is 7.29. The van der Waals surface area contributed by atoms with Crippen LogP contribution in [0.3, 0.4) is 0 Å². The van der Waals surface area contributed by atoms with Crippen LogP contribution < -0.4 is 10.5 Å². The van der Waals surface area contributed by atoms with Gasteiger partial charge in [0.05, 0.1) is 23.8 Å². The molecule has 12 heteroatoms. The lowest BCUT2D eigenvalue weighted by Crippen LogP contribution is -2.44. The third-order valence-corrected chi connectivity index (χ3v) is 6.86.